The number of para-hydroxylation sites is 1. The molecule has 2 aromatic carbocycles. The molecular formula is C23H28N4OS. The number of hydrogen-bond acceptors (Lipinski definition) is 2. The van der Waals surface area contributed by atoms with Gasteiger partial charge in [-0.2, -0.15) is 0 Å². The number of benzene rings is 2. The molecule has 2 unspecified atom stereocenters. The summed E-state index contributed by atoms with van der Waals surface area (Å²) in [6, 6.07) is 16.9. The minimum atomic E-state index is -1.27. The summed E-state index contributed by atoms with van der Waals surface area (Å²) in [5, 5.41) is 2.37. The molecule has 0 amide bonds. The highest BCUT2D eigenvalue weighted by molar-refractivity contribution is 7.83. The summed E-state index contributed by atoms with van der Waals surface area (Å²) in [7, 11) is 2.87. The largest absolute Gasteiger partial charge is 0.361 e. The molecule has 5 nitrogen and oxygen atoms in total. The van der Waals surface area contributed by atoms with Crippen LogP contribution < -0.4 is 4.72 Å². The number of aromatic amines is 1. The minimum Gasteiger partial charge on any atom is -0.361 e. The van der Waals surface area contributed by atoms with E-state index in [0.717, 1.165) is 15.8 Å². The first kappa shape index (κ1) is 19.9. The Labute approximate surface area is 174 Å². The molecular weight excluding hydrogens is 380 g/mol. The Hall–Kier alpha value is -2.41. The molecule has 2 heterocycles. The van der Waals surface area contributed by atoms with Crippen LogP contribution in [0.25, 0.3) is 21.8 Å². The van der Waals surface area contributed by atoms with Gasteiger partial charge < -0.3 is 14.5 Å². The Bertz CT molecular complexity index is 1160. The first-order chi connectivity index (χ1) is 14.0. The van der Waals surface area contributed by atoms with Gasteiger partial charge >= 0.3 is 0 Å². The smallest absolute Gasteiger partial charge is 0.125 e. The van der Waals surface area contributed by atoms with Crippen LogP contribution in [0.3, 0.4) is 0 Å². The Morgan fingerprint density at radius 1 is 1.14 bits per heavy atom. The molecule has 2 aromatic heterocycles. The summed E-state index contributed by atoms with van der Waals surface area (Å²) in [5.41, 5.74) is 3.49. The van der Waals surface area contributed by atoms with Crippen molar-refractivity contribution < 1.29 is 4.21 Å². The predicted octanol–water partition coefficient (Wildman–Crippen LogP) is 4.62. The maximum absolute atomic E-state index is 12.9. The van der Waals surface area contributed by atoms with E-state index in [4.69, 9.17) is 0 Å². The lowest BCUT2D eigenvalue weighted by molar-refractivity contribution is 0.301. The number of nitrogens with zero attached hydrogens (tertiary/aromatic N) is 2. The van der Waals surface area contributed by atoms with Crippen LogP contribution in [-0.2, 0) is 11.0 Å². The lowest BCUT2D eigenvalue weighted by atomic mass is 10.1. The molecule has 0 aliphatic carbocycles. The molecule has 0 aliphatic heterocycles. The Balaban J connectivity index is 1.60. The minimum absolute atomic E-state index is 0.109. The second-order valence-corrected chi connectivity index (χ2v) is 9.22. The van der Waals surface area contributed by atoms with Crippen LogP contribution in [0.5, 0.6) is 0 Å². The summed E-state index contributed by atoms with van der Waals surface area (Å²) >= 11 is 0. The standard InChI is InChI=1S/C23H28N4OS/c1-16(2)27-15-20(19-7-5-6-8-22(19)27)23(26(3)4)14-25-29(28)18-10-9-17-11-12-24-21(17)13-18/h5-13,15-16,23-25H,14H2,1-4H3. The van der Waals surface area contributed by atoms with Gasteiger partial charge in [-0.15, -0.1) is 0 Å². The third kappa shape index (κ3) is 3.88. The normalized spacial score (nSPS) is 14.3. The van der Waals surface area contributed by atoms with Crippen molar-refractivity contribution in [2.24, 2.45) is 0 Å². The van der Waals surface area contributed by atoms with E-state index in [1.807, 2.05) is 30.5 Å². The van der Waals surface area contributed by atoms with E-state index in [9.17, 15) is 4.21 Å². The maximum Gasteiger partial charge on any atom is 0.125 e. The fraction of sp³-hybridized carbons (Fsp3) is 0.304. The number of nitrogens with one attached hydrogen (secondary N) is 2. The van der Waals surface area contributed by atoms with Crippen molar-refractivity contribution >= 4 is 32.8 Å². The molecule has 0 aliphatic rings. The van der Waals surface area contributed by atoms with Gasteiger partial charge in [0.2, 0.25) is 0 Å². The van der Waals surface area contributed by atoms with Crippen LogP contribution in [0.2, 0.25) is 0 Å². The number of hydrogen-bond donors (Lipinski definition) is 2. The molecule has 0 spiro atoms. The fourth-order valence-electron chi connectivity index (χ4n) is 3.88. The van der Waals surface area contributed by atoms with E-state index in [2.05, 4.69) is 77.6 Å². The molecule has 2 atom stereocenters. The molecule has 0 saturated carbocycles. The maximum atomic E-state index is 12.9. The number of rotatable bonds is 7. The second-order valence-electron chi connectivity index (χ2n) is 7.93. The van der Waals surface area contributed by atoms with Gasteiger partial charge in [0.1, 0.15) is 11.0 Å². The zero-order valence-corrected chi connectivity index (χ0v) is 18.2. The van der Waals surface area contributed by atoms with Gasteiger partial charge in [-0.25, -0.2) is 8.93 Å². The fourth-order valence-corrected chi connectivity index (χ4v) is 4.77. The summed E-state index contributed by atoms with van der Waals surface area (Å²) in [6.45, 7) is 4.99. The molecule has 2 N–H and O–H groups in total. The van der Waals surface area contributed by atoms with Crippen molar-refractivity contribution in [3.8, 4) is 0 Å². The highest BCUT2D eigenvalue weighted by Crippen LogP contribution is 2.31. The van der Waals surface area contributed by atoms with Crippen molar-refractivity contribution in [3.63, 3.8) is 0 Å². The Morgan fingerprint density at radius 3 is 2.69 bits per heavy atom. The number of H-pyrrole nitrogens is 1. The van der Waals surface area contributed by atoms with Gasteiger partial charge in [-0.1, -0.05) is 24.3 Å². The summed E-state index contributed by atoms with van der Waals surface area (Å²) in [6.07, 6.45) is 4.15. The number of aromatic nitrogens is 2. The third-order valence-electron chi connectivity index (χ3n) is 5.46. The zero-order valence-electron chi connectivity index (χ0n) is 17.3. The van der Waals surface area contributed by atoms with Crippen LogP contribution in [0.15, 0.2) is 65.8 Å². The number of fused-ring (bicyclic) bond motifs is 2. The van der Waals surface area contributed by atoms with Gasteiger partial charge in [-0.05, 0) is 63.2 Å². The van der Waals surface area contributed by atoms with Crippen LogP contribution >= 0.6 is 0 Å². The predicted molar refractivity (Wildman–Crippen MR) is 121 cm³/mol. The molecule has 152 valence electrons. The van der Waals surface area contributed by atoms with Crippen LogP contribution in [0.4, 0.5) is 0 Å². The van der Waals surface area contributed by atoms with Crippen LogP contribution in [-0.4, -0.2) is 39.3 Å². The molecule has 29 heavy (non-hydrogen) atoms. The van der Waals surface area contributed by atoms with E-state index in [1.54, 1.807) is 0 Å². The Morgan fingerprint density at radius 2 is 1.93 bits per heavy atom. The highest BCUT2D eigenvalue weighted by atomic mass is 32.2. The van der Waals surface area contributed by atoms with Crippen molar-refractivity contribution in [3.05, 3.63) is 66.5 Å². The van der Waals surface area contributed by atoms with Gasteiger partial charge in [-0.3, -0.25) is 0 Å². The topological polar surface area (TPSA) is 53.1 Å². The SMILES string of the molecule is CC(C)n1cc(C(CNS(=O)c2ccc3cc[nH]c3c2)N(C)C)c2ccccc21. The van der Waals surface area contributed by atoms with E-state index in [0.29, 0.717) is 12.6 Å². The van der Waals surface area contributed by atoms with E-state index in [1.165, 1.54) is 16.5 Å². The molecule has 6 heteroatoms. The summed E-state index contributed by atoms with van der Waals surface area (Å²) in [4.78, 5) is 6.15. The average molecular weight is 409 g/mol. The highest BCUT2D eigenvalue weighted by Gasteiger charge is 2.21. The van der Waals surface area contributed by atoms with Gasteiger partial charge in [0.15, 0.2) is 0 Å². The molecule has 0 bridgehead atoms. The lowest BCUT2D eigenvalue weighted by Gasteiger charge is -2.24. The average Bonchev–Trinajstić information content (AvgIpc) is 3.32. The lowest BCUT2D eigenvalue weighted by Crippen LogP contribution is -2.32. The van der Waals surface area contributed by atoms with E-state index >= 15 is 0 Å². The van der Waals surface area contributed by atoms with Crippen molar-refractivity contribution in [2.75, 3.05) is 20.6 Å². The summed E-state index contributed by atoms with van der Waals surface area (Å²) < 4.78 is 18.5. The molecule has 0 radical (unpaired) electrons. The monoisotopic (exact) mass is 408 g/mol. The third-order valence-corrected chi connectivity index (χ3v) is 6.57. The summed E-state index contributed by atoms with van der Waals surface area (Å²) in [5.74, 6) is 0. The van der Waals surface area contributed by atoms with Crippen molar-refractivity contribution in [2.45, 2.75) is 30.8 Å². The molecule has 4 rings (SSSR count). The quantitative estimate of drug-likeness (QED) is 0.469. The van der Waals surface area contributed by atoms with Crippen molar-refractivity contribution in [1.82, 2.24) is 19.2 Å². The molecule has 0 saturated heterocycles. The van der Waals surface area contributed by atoms with E-state index in [-0.39, 0.29) is 6.04 Å². The first-order valence-corrected chi connectivity index (χ1v) is 11.1. The number of likely N-dealkylation sites (N-methyl/N-ethyl adjacent to an activating group) is 1. The second kappa shape index (κ2) is 8.14. The van der Waals surface area contributed by atoms with Gasteiger partial charge in [0.25, 0.3) is 0 Å². The molecule has 4 aromatic rings. The zero-order chi connectivity index (χ0) is 20.5. The van der Waals surface area contributed by atoms with Crippen LogP contribution in [0, 0.1) is 0 Å². The Kier molecular flexibility index (Phi) is 5.58. The van der Waals surface area contributed by atoms with Crippen molar-refractivity contribution in [1.29, 1.82) is 0 Å². The van der Waals surface area contributed by atoms with Gasteiger partial charge in [0, 0.05) is 47.4 Å². The first-order valence-electron chi connectivity index (χ1n) is 9.94. The van der Waals surface area contributed by atoms with Gasteiger partial charge in [0.05, 0.1) is 4.90 Å². The molecule has 0 fully saturated rings. The van der Waals surface area contributed by atoms with Crippen LogP contribution in [0.1, 0.15) is 31.5 Å². The van der Waals surface area contributed by atoms with E-state index < -0.39 is 11.0 Å².